The number of aromatic nitrogens is 1. The van der Waals surface area contributed by atoms with Crippen molar-refractivity contribution in [2.24, 2.45) is 0 Å². The number of benzene rings is 1. The van der Waals surface area contributed by atoms with Crippen molar-refractivity contribution in [3.05, 3.63) is 52.3 Å². The second-order valence-corrected chi connectivity index (χ2v) is 7.28. The van der Waals surface area contributed by atoms with Gasteiger partial charge < -0.3 is 23.8 Å². The van der Waals surface area contributed by atoms with Gasteiger partial charge in [0.05, 0.1) is 43.6 Å². The van der Waals surface area contributed by atoms with E-state index in [1.165, 1.54) is 26.5 Å². The Bertz CT molecular complexity index is 922. The van der Waals surface area contributed by atoms with Crippen LogP contribution < -0.4 is 14.2 Å². The first-order valence-corrected chi connectivity index (χ1v) is 9.99. The van der Waals surface area contributed by atoms with Crippen LogP contribution in [0.3, 0.4) is 0 Å². The van der Waals surface area contributed by atoms with Crippen molar-refractivity contribution < 1.29 is 23.7 Å². The molecule has 3 rings (SSSR count). The standard InChI is InChI=1S/C21H22Cl2N2O5/c1-27-18-5-3-14(20(23)21(18)28-2)4-6-19(26)25-7-8-29-17(12-25)13-30-16-9-15(22)10-24-11-16/h3-6,9-11,17H,7-8,12-13H2,1-2H3. The SMILES string of the molecule is COc1ccc(C=CC(=O)N2CCOC(COc3cncc(Cl)c3)C2)c(Cl)c1OC. The van der Waals surface area contributed by atoms with Gasteiger partial charge in [0.1, 0.15) is 18.5 Å². The number of halogens is 2. The third kappa shape index (κ3) is 5.56. The molecular formula is C21H22Cl2N2O5. The molecule has 1 aliphatic rings. The van der Waals surface area contributed by atoms with Crippen LogP contribution >= 0.6 is 23.2 Å². The second-order valence-electron chi connectivity index (χ2n) is 6.46. The van der Waals surface area contributed by atoms with E-state index in [9.17, 15) is 4.79 Å². The van der Waals surface area contributed by atoms with Crippen molar-refractivity contribution >= 4 is 35.2 Å². The lowest BCUT2D eigenvalue weighted by Crippen LogP contribution is -2.47. The Morgan fingerprint density at radius 1 is 1.30 bits per heavy atom. The Morgan fingerprint density at radius 3 is 2.87 bits per heavy atom. The molecule has 1 aromatic heterocycles. The number of hydrogen-bond donors (Lipinski definition) is 0. The first-order chi connectivity index (χ1) is 14.5. The topological polar surface area (TPSA) is 70.1 Å². The zero-order valence-electron chi connectivity index (χ0n) is 16.6. The van der Waals surface area contributed by atoms with E-state index in [1.807, 2.05) is 0 Å². The average Bonchev–Trinajstić information content (AvgIpc) is 2.76. The van der Waals surface area contributed by atoms with Gasteiger partial charge in [-0.2, -0.15) is 0 Å². The molecule has 0 aliphatic carbocycles. The van der Waals surface area contributed by atoms with Crippen LogP contribution in [0.25, 0.3) is 6.08 Å². The fourth-order valence-electron chi connectivity index (χ4n) is 2.98. The molecule has 160 valence electrons. The van der Waals surface area contributed by atoms with Crippen molar-refractivity contribution in [3.63, 3.8) is 0 Å². The van der Waals surface area contributed by atoms with Crippen LogP contribution in [-0.2, 0) is 9.53 Å². The van der Waals surface area contributed by atoms with Gasteiger partial charge in [-0.15, -0.1) is 0 Å². The van der Waals surface area contributed by atoms with Crippen LogP contribution in [0, 0.1) is 0 Å². The third-order valence-corrected chi connectivity index (χ3v) is 5.08. The monoisotopic (exact) mass is 452 g/mol. The summed E-state index contributed by atoms with van der Waals surface area (Å²) in [6.45, 7) is 1.63. The van der Waals surface area contributed by atoms with Gasteiger partial charge in [-0.25, -0.2) is 0 Å². The molecular weight excluding hydrogens is 431 g/mol. The van der Waals surface area contributed by atoms with Gasteiger partial charge in [-0.05, 0) is 23.8 Å². The van der Waals surface area contributed by atoms with Crippen molar-refractivity contribution in [1.29, 1.82) is 0 Å². The molecule has 0 radical (unpaired) electrons. The van der Waals surface area contributed by atoms with E-state index in [1.54, 1.807) is 35.4 Å². The number of pyridine rings is 1. The van der Waals surface area contributed by atoms with Crippen molar-refractivity contribution in [2.75, 3.05) is 40.5 Å². The average molecular weight is 453 g/mol. The van der Waals surface area contributed by atoms with Crippen molar-refractivity contribution in [3.8, 4) is 17.2 Å². The van der Waals surface area contributed by atoms with Crippen LogP contribution in [0.2, 0.25) is 10.0 Å². The molecule has 1 amide bonds. The fourth-order valence-corrected chi connectivity index (χ4v) is 3.44. The molecule has 0 N–H and O–H groups in total. The highest BCUT2D eigenvalue weighted by Gasteiger charge is 2.24. The highest BCUT2D eigenvalue weighted by Crippen LogP contribution is 2.37. The summed E-state index contributed by atoms with van der Waals surface area (Å²) in [5.41, 5.74) is 0.657. The predicted molar refractivity (Wildman–Crippen MR) is 115 cm³/mol. The summed E-state index contributed by atoms with van der Waals surface area (Å²) in [5, 5.41) is 0.872. The van der Waals surface area contributed by atoms with Gasteiger partial charge in [0, 0.05) is 24.9 Å². The molecule has 1 aliphatic heterocycles. The van der Waals surface area contributed by atoms with Crippen molar-refractivity contribution in [2.45, 2.75) is 6.10 Å². The fraction of sp³-hybridized carbons (Fsp3) is 0.333. The summed E-state index contributed by atoms with van der Waals surface area (Å²) in [7, 11) is 3.05. The van der Waals surface area contributed by atoms with Gasteiger partial charge in [-0.3, -0.25) is 9.78 Å². The van der Waals surface area contributed by atoms with Gasteiger partial charge in [-0.1, -0.05) is 23.2 Å². The molecule has 0 spiro atoms. The maximum atomic E-state index is 12.6. The zero-order valence-corrected chi connectivity index (χ0v) is 18.2. The molecule has 2 aromatic rings. The van der Waals surface area contributed by atoms with E-state index in [4.69, 9.17) is 42.1 Å². The normalized spacial score (nSPS) is 16.5. The summed E-state index contributed by atoms with van der Waals surface area (Å²) >= 11 is 12.3. The quantitative estimate of drug-likeness (QED) is 0.596. The lowest BCUT2D eigenvalue weighted by atomic mass is 10.1. The van der Waals surface area contributed by atoms with Gasteiger partial charge >= 0.3 is 0 Å². The number of morpholine rings is 1. The number of nitrogens with zero attached hydrogens (tertiary/aromatic N) is 2. The molecule has 1 unspecified atom stereocenters. The van der Waals surface area contributed by atoms with E-state index in [0.717, 1.165) is 0 Å². The Morgan fingerprint density at radius 2 is 2.13 bits per heavy atom. The van der Waals surface area contributed by atoms with Crippen LogP contribution in [0.1, 0.15) is 5.56 Å². The predicted octanol–water partition coefficient (Wildman–Crippen LogP) is 3.73. The molecule has 0 bridgehead atoms. The maximum Gasteiger partial charge on any atom is 0.246 e. The largest absolute Gasteiger partial charge is 0.493 e. The molecule has 2 heterocycles. The highest BCUT2D eigenvalue weighted by molar-refractivity contribution is 6.34. The number of hydrogen-bond acceptors (Lipinski definition) is 6. The Hall–Kier alpha value is -2.48. The summed E-state index contributed by atoms with van der Waals surface area (Å²) in [6, 6.07) is 5.18. The molecule has 0 saturated carbocycles. The van der Waals surface area contributed by atoms with Crippen LogP contribution in [-0.4, -0.2) is 62.4 Å². The van der Waals surface area contributed by atoms with Crippen LogP contribution in [0.4, 0.5) is 0 Å². The molecule has 7 nitrogen and oxygen atoms in total. The molecule has 9 heteroatoms. The number of methoxy groups -OCH3 is 2. The molecule has 30 heavy (non-hydrogen) atoms. The minimum atomic E-state index is -0.250. The number of carbonyl (C=O) groups excluding carboxylic acids is 1. The van der Waals surface area contributed by atoms with E-state index >= 15 is 0 Å². The molecule has 1 aromatic carbocycles. The number of rotatable bonds is 7. The molecule has 1 saturated heterocycles. The first kappa shape index (κ1) is 22.2. The van der Waals surface area contributed by atoms with Crippen LogP contribution in [0.5, 0.6) is 17.2 Å². The summed E-state index contributed by atoms with van der Waals surface area (Å²) < 4.78 is 21.9. The van der Waals surface area contributed by atoms with E-state index < -0.39 is 0 Å². The number of amides is 1. The van der Waals surface area contributed by atoms with Gasteiger partial charge in [0.25, 0.3) is 0 Å². The third-order valence-electron chi connectivity index (χ3n) is 4.49. The minimum absolute atomic E-state index is 0.140. The van der Waals surface area contributed by atoms with Crippen molar-refractivity contribution in [1.82, 2.24) is 9.88 Å². The number of ether oxygens (including phenoxy) is 4. The van der Waals surface area contributed by atoms with Gasteiger partial charge in [0.2, 0.25) is 5.91 Å². The molecule has 1 atom stereocenters. The van der Waals surface area contributed by atoms with Gasteiger partial charge in [0.15, 0.2) is 11.5 Å². The minimum Gasteiger partial charge on any atom is -0.493 e. The zero-order chi connectivity index (χ0) is 21.5. The number of carbonyl (C=O) groups is 1. The Labute approximate surface area is 185 Å². The maximum absolute atomic E-state index is 12.6. The first-order valence-electron chi connectivity index (χ1n) is 9.24. The smallest absolute Gasteiger partial charge is 0.246 e. The Kier molecular flexibility index (Phi) is 7.79. The summed E-state index contributed by atoms with van der Waals surface area (Å²) in [6.07, 6.45) is 6.00. The van der Waals surface area contributed by atoms with Crippen LogP contribution in [0.15, 0.2) is 36.7 Å². The lowest BCUT2D eigenvalue weighted by molar-refractivity contribution is -0.134. The second kappa shape index (κ2) is 10.5. The molecule has 1 fully saturated rings. The lowest BCUT2D eigenvalue weighted by Gasteiger charge is -2.32. The van der Waals surface area contributed by atoms with E-state index in [-0.39, 0.29) is 18.6 Å². The van der Waals surface area contributed by atoms with E-state index in [2.05, 4.69) is 4.98 Å². The summed E-state index contributed by atoms with van der Waals surface area (Å²) in [5.74, 6) is 1.36. The highest BCUT2D eigenvalue weighted by atomic mass is 35.5. The Balaban J connectivity index is 1.60. The summed E-state index contributed by atoms with van der Waals surface area (Å²) in [4.78, 5) is 18.3. The van der Waals surface area contributed by atoms with E-state index in [0.29, 0.717) is 52.6 Å².